The third-order valence-corrected chi connectivity index (χ3v) is 9.79. The highest BCUT2D eigenvalue weighted by molar-refractivity contribution is 5.99. The first-order valence-corrected chi connectivity index (χ1v) is 19.8. The number of hydrogen-bond acceptors (Lipinski definition) is 10. The van der Waals surface area contributed by atoms with Crippen LogP contribution in [0.4, 0.5) is 28.4 Å². The van der Waals surface area contributed by atoms with E-state index in [2.05, 4.69) is 59.7 Å². The highest BCUT2D eigenvalue weighted by Gasteiger charge is 2.20. The van der Waals surface area contributed by atoms with Crippen LogP contribution in [0.2, 0.25) is 0 Å². The topological polar surface area (TPSA) is 158 Å². The van der Waals surface area contributed by atoms with E-state index in [1.807, 2.05) is 104 Å². The van der Waals surface area contributed by atoms with E-state index in [-0.39, 0.29) is 37.0 Å². The summed E-state index contributed by atoms with van der Waals surface area (Å²) in [4.78, 5) is 43.1. The summed E-state index contributed by atoms with van der Waals surface area (Å²) >= 11 is 0. The van der Waals surface area contributed by atoms with E-state index < -0.39 is 0 Å². The van der Waals surface area contributed by atoms with Crippen LogP contribution in [-0.4, -0.2) is 57.8 Å². The highest BCUT2D eigenvalue weighted by atomic mass is 16.2. The third kappa shape index (κ3) is 11.8. The molecule has 60 heavy (non-hydrogen) atoms. The van der Waals surface area contributed by atoms with Crippen LogP contribution in [0.25, 0.3) is 17.5 Å². The number of aryl methyl sites for hydroxylation is 2. The first-order valence-electron chi connectivity index (χ1n) is 19.8. The Labute approximate surface area is 350 Å². The maximum absolute atomic E-state index is 13.6. The van der Waals surface area contributed by atoms with Gasteiger partial charge in [-0.2, -0.15) is 10.2 Å². The monoisotopic (exact) mass is 800 g/mol. The lowest BCUT2D eigenvalue weighted by Gasteiger charge is -2.25. The number of carbonyl (C=O) groups excluding carboxylic acids is 3. The molecule has 0 spiro atoms. The molecule has 1 aromatic heterocycles. The van der Waals surface area contributed by atoms with Crippen LogP contribution in [0, 0.1) is 13.8 Å². The van der Waals surface area contributed by atoms with E-state index in [4.69, 9.17) is 0 Å². The molecule has 0 aliphatic carbocycles. The molecule has 304 valence electrons. The van der Waals surface area contributed by atoms with Crippen LogP contribution in [0.1, 0.15) is 47.8 Å². The quantitative estimate of drug-likeness (QED) is 0.0817. The summed E-state index contributed by atoms with van der Waals surface area (Å²) in [5.74, 6) is 0.470. The van der Waals surface area contributed by atoms with Crippen LogP contribution in [0.15, 0.2) is 138 Å². The molecule has 13 nitrogen and oxygen atoms in total. The molecule has 0 radical (unpaired) electrons. The molecule has 0 unspecified atom stereocenters. The molecule has 6 rings (SSSR count). The minimum Gasteiger partial charge on any atom is -0.370 e. The number of hydrogen-bond donors (Lipinski definition) is 2. The lowest BCUT2D eigenvalue weighted by Crippen LogP contribution is -2.35. The summed E-state index contributed by atoms with van der Waals surface area (Å²) in [6.45, 7) is 12.0. The van der Waals surface area contributed by atoms with Crippen molar-refractivity contribution in [2.45, 2.75) is 46.6 Å². The molecule has 6 aromatic rings. The molecule has 3 amide bonds. The smallest absolute Gasteiger partial charge is 0.227 e. The first kappa shape index (κ1) is 42.2. The lowest BCUT2D eigenvalue weighted by molar-refractivity contribution is -0.122. The van der Waals surface area contributed by atoms with E-state index in [1.54, 1.807) is 42.2 Å². The molecule has 0 bridgehead atoms. The maximum Gasteiger partial charge on any atom is 0.227 e. The number of nitrogens with zero attached hydrogens (tertiary/aromatic N) is 8. The van der Waals surface area contributed by atoms with Crippen molar-refractivity contribution in [2.24, 2.45) is 10.2 Å². The van der Waals surface area contributed by atoms with E-state index in [0.29, 0.717) is 48.3 Å². The van der Waals surface area contributed by atoms with Gasteiger partial charge in [0.2, 0.25) is 23.5 Å². The summed E-state index contributed by atoms with van der Waals surface area (Å²) in [7, 11) is 0. The van der Waals surface area contributed by atoms with Gasteiger partial charge in [-0.15, -0.1) is 20.4 Å². The third-order valence-electron chi connectivity index (χ3n) is 9.79. The van der Waals surface area contributed by atoms with Gasteiger partial charge in [0, 0.05) is 49.4 Å². The van der Waals surface area contributed by atoms with Crippen LogP contribution in [0.5, 0.6) is 0 Å². The number of benzene rings is 5. The van der Waals surface area contributed by atoms with Crippen molar-refractivity contribution >= 4 is 52.2 Å². The van der Waals surface area contributed by atoms with Gasteiger partial charge in [0.05, 0.1) is 30.0 Å². The fourth-order valence-electron chi connectivity index (χ4n) is 6.42. The molecule has 0 fully saturated rings. The number of amides is 3. The summed E-state index contributed by atoms with van der Waals surface area (Å²) in [6.07, 6.45) is 2.07. The van der Waals surface area contributed by atoms with Crippen LogP contribution < -0.4 is 20.4 Å². The van der Waals surface area contributed by atoms with Crippen LogP contribution in [0.3, 0.4) is 0 Å². The first-order chi connectivity index (χ1) is 29.2. The Balaban J connectivity index is 0.946. The minimum atomic E-state index is -0.262. The molecule has 2 N–H and O–H groups in total. The Morgan fingerprint density at radius 3 is 2.05 bits per heavy atom. The molecular weight excluding hydrogens is 753 g/mol. The number of para-hydroxylation sites is 1. The van der Waals surface area contributed by atoms with Gasteiger partial charge in [0.1, 0.15) is 0 Å². The summed E-state index contributed by atoms with van der Waals surface area (Å²) in [5.41, 5.74) is 8.30. The Bertz CT molecular complexity index is 2420. The van der Waals surface area contributed by atoms with Gasteiger partial charge in [0.15, 0.2) is 5.82 Å². The number of anilines is 3. The standard InChI is InChI=1S/C47H48N10O3/c1-5-36-12-9-10-14-43(36)57(32-38-13-8-7-11-33(38)3)46(60)28-27-44(58)49-39-19-21-40(22-20-39)52-53-41-23-25-42(26-24-41)56(6-2)30-29-48-45(59)31-35-15-17-37(18-16-35)47-54-50-34(4)51-55-47/h5,7-26H,1,6,27-32H2,2-4H3,(H,48,59)(H,49,58). The van der Waals surface area contributed by atoms with Gasteiger partial charge >= 0.3 is 0 Å². The Hall–Kier alpha value is -7.41. The number of nitrogens with one attached hydrogen (secondary N) is 2. The molecule has 13 heteroatoms. The van der Waals surface area contributed by atoms with Gasteiger partial charge in [-0.25, -0.2) is 0 Å². The number of azo groups is 1. The largest absolute Gasteiger partial charge is 0.370 e. The van der Waals surface area contributed by atoms with Crippen molar-refractivity contribution in [3.05, 3.63) is 156 Å². The molecule has 0 saturated heterocycles. The van der Waals surface area contributed by atoms with E-state index in [1.165, 1.54) is 0 Å². The zero-order chi connectivity index (χ0) is 42.3. The zero-order valence-corrected chi connectivity index (χ0v) is 34.1. The number of carbonyl (C=O) groups is 3. The molecule has 1 heterocycles. The maximum atomic E-state index is 13.6. The molecule has 0 saturated carbocycles. The fourth-order valence-corrected chi connectivity index (χ4v) is 6.42. The SMILES string of the molecule is C=Cc1ccccc1N(Cc1ccccc1C)C(=O)CCC(=O)Nc1ccc(N=Nc2ccc(N(CC)CCNC(=O)Cc3ccc(-c4nnc(C)nn4)cc3)cc2)cc1. The highest BCUT2D eigenvalue weighted by Crippen LogP contribution is 2.27. The van der Waals surface area contributed by atoms with E-state index in [9.17, 15) is 14.4 Å². The normalized spacial score (nSPS) is 10.9. The second-order valence-corrected chi connectivity index (χ2v) is 14.1. The minimum absolute atomic E-state index is 0.0271. The Morgan fingerprint density at radius 1 is 0.733 bits per heavy atom. The molecule has 0 atom stereocenters. The Kier molecular flexibility index (Phi) is 14.7. The number of likely N-dealkylation sites (N-methyl/N-ethyl adjacent to an activating group) is 1. The van der Waals surface area contributed by atoms with Crippen LogP contribution >= 0.6 is 0 Å². The predicted molar refractivity (Wildman–Crippen MR) is 236 cm³/mol. The molecule has 0 aliphatic rings. The van der Waals surface area contributed by atoms with Crippen molar-refractivity contribution in [3.63, 3.8) is 0 Å². The zero-order valence-electron chi connectivity index (χ0n) is 34.1. The van der Waals surface area contributed by atoms with Crippen molar-refractivity contribution < 1.29 is 14.4 Å². The average Bonchev–Trinajstić information content (AvgIpc) is 3.27. The molecular formula is C47H48N10O3. The predicted octanol–water partition coefficient (Wildman–Crippen LogP) is 8.75. The van der Waals surface area contributed by atoms with Gasteiger partial charge in [-0.05, 0) is 97.6 Å². The molecule has 0 aliphatic heterocycles. The lowest BCUT2D eigenvalue weighted by atomic mass is 10.1. The van der Waals surface area contributed by atoms with Crippen molar-refractivity contribution in [1.82, 2.24) is 25.7 Å². The second-order valence-electron chi connectivity index (χ2n) is 14.1. The van der Waals surface area contributed by atoms with Gasteiger partial charge in [0.25, 0.3) is 0 Å². The van der Waals surface area contributed by atoms with Gasteiger partial charge < -0.3 is 20.4 Å². The van der Waals surface area contributed by atoms with Crippen molar-refractivity contribution in [1.29, 1.82) is 0 Å². The van der Waals surface area contributed by atoms with Crippen molar-refractivity contribution in [3.8, 4) is 11.4 Å². The summed E-state index contributed by atoms with van der Waals surface area (Å²) < 4.78 is 0. The van der Waals surface area contributed by atoms with Gasteiger partial charge in [-0.3, -0.25) is 14.4 Å². The van der Waals surface area contributed by atoms with Gasteiger partial charge in [-0.1, -0.05) is 79.4 Å². The van der Waals surface area contributed by atoms with Crippen LogP contribution in [-0.2, 0) is 27.3 Å². The average molecular weight is 801 g/mol. The van der Waals surface area contributed by atoms with E-state index in [0.717, 1.165) is 45.7 Å². The summed E-state index contributed by atoms with van der Waals surface area (Å²) in [5, 5.41) is 30.6. The fraction of sp³-hybridized carbons (Fsp3) is 0.213. The Morgan fingerprint density at radius 2 is 1.38 bits per heavy atom. The second kappa shape index (κ2) is 20.8. The van der Waals surface area contributed by atoms with E-state index >= 15 is 0 Å². The molecule has 5 aromatic carbocycles. The number of rotatable bonds is 18. The summed E-state index contributed by atoms with van der Waals surface area (Å²) in [6, 6.07) is 37.9. The number of aromatic nitrogens is 4. The van der Waals surface area contributed by atoms with Crippen molar-refractivity contribution in [2.75, 3.05) is 34.8 Å².